The fraction of sp³-hybridized carbons (Fsp3) is 0.0667. The van der Waals surface area contributed by atoms with E-state index in [1.807, 2.05) is 13.0 Å². The Morgan fingerprint density at radius 2 is 1.90 bits per heavy atom. The SMILES string of the molecule is Cc1cc(Br)cc(C(=O)Nc2ccc(F)c(C(=O)O)c2)c1. The van der Waals surface area contributed by atoms with Gasteiger partial charge in [0.15, 0.2) is 0 Å². The molecule has 21 heavy (non-hydrogen) atoms. The number of hydrogen-bond donors (Lipinski definition) is 2. The van der Waals surface area contributed by atoms with Gasteiger partial charge in [0, 0.05) is 15.7 Å². The minimum absolute atomic E-state index is 0.219. The predicted molar refractivity (Wildman–Crippen MR) is 80.2 cm³/mol. The number of aromatic carboxylic acids is 1. The lowest BCUT2D eigenvalue weighted by Crippen LogP contribution is -2.13. The van der Waals surface area contributed by atoms with Crippen molar-refractivity contribution in [3.05, 3.63) is 63.4 Å². The van der Waals surface area contributed by atoms with Gasteiger partial charge in [0.1, 0.15) is 5.82 Å². The second kappa shape index (κ2) is 6.05. The Morgan fingerprint density at radius 1 is 1.19 bits per heavy atom. The maximum Gasteiger partial charge on any atom is 0.338 e. The van der Waals surface area contributed by atoms with Crippen LogP contribution in [0.1, 0.15) is 26.3 Å². The molecular formula is C15H11BrFNO3. The molecule has 2 N–H and O–H groups in total. The Balaban J connectivity index is 2.27. The third-order valence-corrected chi connectivity index (χ3v) is 3.22. The number of carbonyl (C=O) groups is 2. The van der Waals surface area contributed by atoms with Crippen LogP contribution in [0.25, 0.3) is 0 Å². The molecule has 0 aromatic heterocycles. The number of aryl methyl sites for hydroxylation is 1. The van der Waals surface area contributed by atoms with Crippen LogP contribution in [-0.2, 0) is 0 Å². The van der Waals surface area contributed by atoms with Crippen LogP contribution in [0.4, 0.5) is 10.1 Å². The van der Waals surface area contributed by atoms with Crippen molar-refractivity contribution in [2.24, 2.45) is 0 Å². The largest absolute Gasteiger partial charge is 0.478 e. The molecule has 0 saturated carbocycles. The zero-order valence-corrected chi connectivity index (χ0v) is 12.6. The molecule has 0 spiro atoms. The standard InChI is InChI=1S/C15H11BrFNO3/c1-8-4-9(6-10(16)5-8)14(19)18-11-2-3-13(17)12(7-11)15(20)21/h2-7H,1H3,(H,18,19)(H,20,21). The predicted octanol–water partition coefficient (Wildman–Crippen LogP) is 3.85. The summed E-state index contributed by atoms with van der Waals surface area (Å²) >= 11 is 3.30. The van der Waals surface area contributed by atoms with Crippen molar-refractivity contribution in [3.8, 4) is 0 Å². The fourth-order valence-corrected chi connectivity index (χ4v) is 2.45. The molecular weight excluding hydrogens is 341 g/mol. The molecule has 0 fully saturated rings. The molecule has 1 amide bonds. The molecule has 0 aliphatic rings. The Hall–Kier alpha value is -2.21. The summed E-state index contributed by atoms with van der Waals surface area (Å²) in [6.07, 6.45) is 0. The summed E-state index contributed by atoms with van der Waals surface area (Å²) in [6, 6.07) is 8.60. The van der Waals surface area contributed by atoms with E-state index in [2.05, 4.69) is 21.2 Å². The zero-order chi connectivity index (χ0) is 15.6. The van der Waals surface area contributed by atoms with E-state index in [0.717, 1.165) is 22.2 Å². The van der Waals surface area contributed by atoms with Crippen molar-refractivity contribution in [2.45, 2.75) is 6.92 Å². The number of amides is 1. The monoisotopic (exact) mass is 351 g/mol. The average molecular weight is 352 g/mol. The number of nitrogens with one attached hydrogen (secondary N) is 1. The Labute approximate surface area is 128 Å². The van der Waals surface area contributed by atoms with Crippen molar-refractivity contribution in [3.63, 3.8) is 0 Å². The van der Waals surface area contributed by atoms with E-state index in [0.29, 0.717) is 5.56 Å². The number of anilines is 1. The Kier molecular flexibility index (Phi) is 4.37. The maximum atomic E-state index is 13.3. The number of halogens is 2. The van der Waals surface area contributed by atoms with Crippen LogP contribution in [0.2, 0.25) is 0 Å². The van der Waals surface area contributed by atoms with E-state index in [-0.39, 0.29) is 5.69 Å². The van der Waals surface area contributed by atoms with Gasteiger partial charge in [0.05, 0.1) is 5.56 Å². The minimum Gasteiger partial charge on any atom is -0.478 e. The summed E-state index contributed by atoms with van der Waals surface area (Å²) in [4.78, 5) is 23.0. The van der Waals surface area contributed by atoms with Gasteiger partial charge in [-0.25, -0.2) is 9.18 Å². The molecule has 2 aromatic rings. The van der Waals surface area contributed by atoms with Gasteiger partial charge in [-0.2, -0.15) is 0 Å². The van der Waals surface area contributed by atoms with Crippen molar-refractivity contribution >= 4 is 33.5 Å². The lowest BCUT2D eigenvalue weighted by molar-refractivity contribution is 0.0691. The zero-order valence-electron chi connectivity index (χ0n) is 11.0. The Morgan fingerprint density at radius 3 is 2.52 bits per heavy atom. The molecule has 2 aromatic carbocycles. The third kappa shape index (κ3) is 3.66. The number of benzene rings is 2. The number of hydrogen-bond acceptors (Lipinski definition) is 2. The number of carbonyl (C=O) groups excluding carboxylic acids is 1. The van der Waals surface area contributed by atoms with Crippen molar-refractivity contribution in [1.29, 1.82) is 0 Å². The van der Waals surface area contributed by atoms with Crippen molar-refractivity contribution < 1.29 is 19.1 Å². The molecule has 0 atom stereocenters. The smallest absolute Gasteiger partial charge is 0.338 e. The van der Waals surface area contributed by atoms with Gasteiger partial charge in [-0.3, -0.25) is 4.79 Å². The summed E-state index contributed by atoms with van der Waals surface area (Å²) in [5, 5.41) is 11.4. The fourth-order valence-electron chi connectivity index (χ4n) is 1.84. The van der Waals surface area contributed by atoms with Crippen LogP contribution >= 0.6 is 15.9 Å². The first kappa shape index (κ1) is 15.2. The molecule has 0 radical (unpaired) electrons. The highest BCUT2D eigenvalue weighted by atomic mass is 79.9. The summed E-state index contributed by atoms with van der Waals surface area (Å²) in [7, 11) is 0. The molecule has 0 aliphatic carbocycles. The third-order valence-electron chi connectivity index (χ3n) is 2.76. The van der Waals surface area contributed by atoms with Gasteiger partial charge in [0.2, 0.25) is 0 Å². The van der Waals surface area contributed by atoms with Crippen LogP contribution in [-0.4, -0.2) is 17.0 Å². The summed E-state index contributed by atoms with van der Waals surface area (Å²) in [5.74, 6) is -2.64. The van der Waals surface area contributed by atoms with Crippen LogP contribution in [0.5, 0.6) is 0 Å². The lowest BCUT2D eigenvalue weighted by Gasteiger charge is -2.08. The van der Waals surface area contributed by atoms with Gasteiger partial charge in [-0.1, -0.05) is 15.9 Å². The lowest BCUT2D eigenvalue weighted by atomic mass is 10.1. The van der Waals surface area contributed by atoms with Gasteiger partial charge < -0.3 is 10.4 Å². The molecule has 0 heterocycles. The van der Waals surface area contributed by atoms with Crippen LogP contribution in [0.15, 0.2) is 40.9 Å². The quantitative estimate of drug-likeness (QED) is 0.882. The maximum absolute atomic E-state index is 13.3. The van der Waals surface area contributed by atoms with Crippen LogP contribution in [0, 0.1) is 12.7 Å². The normalized spacial score (nSPS) is 10.2. The molecule has 0 bridgehead atoms. The van der Waals surface area contributed by atoms with E-state index in [1.54, 1.807) is 12.1 Å². The minimum atomic E-state index is -1.39. The van der Waals surface area contributed by atoms with E-state index in [4.69, 9.17) is 5.11 Å². The number of carboxylic acids is 1. The second-order valence-corrected chi connectivity index (χ2v) is 5.39. The molecule has 4 nitrogen and oxygen atoms in total. The second-order valence-electron chi connectivity index (χ2n) is 4.47. The van der Waals surface area contributed by atoms with Gasteiger partial charge in [-0.15, -0.1) is 0 Å². The summed E-state index contributed by atoms with van der Waals surface area (Å²) in [6.45, 7) is 1.85. The van der Waals surface area contributed by atoms with Gasteiger partial charge in [0.25, 0.3) is 5.91 Å². The summed E-state index contributed by atoms with van der Waals surface area (Å²) in [5.41, 5.74) is 1.05. The first-order valence-corrected chi connectivity index (χ1v) is 6.77. The summed E-state index contributed by atoms with van der Waals surface area (Å²) < 4.78 is 14.0. The van der Waals surface area contributed by atoms with Crippen LogP contribution in [0.3, 0.4) is 0 Å². The molecule has 0 unspecified atom stereocenters. The molecule has 0 aliphatic heterocycles. The molecule has 6 heteroatoms. The first-order valence-electron chi connectivity index (χ1n) is 5.98. The number of rotatable bonds is 3. The van der Waals surface area contributed by atoms with Crippen molar-refractivity contribution in [1.82, 2.24) is 0 Å². The average Bonchev–Trinajstić information content (AvgIpc) is 2.39. The van der Waals surface area contributed by atoms with Gasteiger partial charge in [-0.05, 0) is 48.9 Å². The van der Waals surface area contributed by atoms with Gasteiger partial charge >= 0.3 is 5.97 Å². The Bertz CT molecular complexity index is 711. The number of carboxylic acid groups (broad SMARTS) is 1. The highest BCUT2D eigenvalue weighted by Gasteiger charge is 2.13. The molecule has 108 valence electrons. The molecule has 0 saturated heterocycles. The topological polar surface area (TPSA) is 66.4 Å². The van der Waals surface area contributed by atoms with E-state index in [9.17, 15) is 14.0 Å². The molecule has 2 rings (SSSR count). The first-order chi connectivity index (χ1) is 9.86. The van der Waals surface area contributed by atoms with E-state index in [1.165, 1.54) is 6.07 Å². The highest BCUT2D eigenvalue weighted by molar-refractivity contribution is 9.10. The van der Waals surface area contributed by atoms with Crippen molar-refractivity contribution in [2.75, 3.05) is 5.32 Å². The highest BCUT2D eigenvalue weighted by Crippen LogP contribution is 2.19. The van der Waals surface area contributed by atoms with E-state index < -0.39 is 23.3 Å². The van der Waals surface area contributed by atoms with E-state index >= 15 is 0 Å². The van der Waals surface area contributed by atoms with Crippen LogP contribution < -0.4 is 5.32 Å².